The zero-order chi connectivity index (χ0) is 11.4. The van der Waals surface area contributed by atoms with Gasteiger partial charge < -0.3 is 5.32 Å². The van der Waals surface area contributed by atoms with Crippen LogP contribution < -0.4 is 5.32 Å². The zero-order valence-electron chi connectivity index (χ0n) is 10.1. The molecule has 1 saturated carbocycles. The molecule has 0 spiro atoms. The van der Waals surface area contributed by atoms with Crippen molar-refractivity contribution in [2.24, 2.45) is 5.41 Å². The summed E-state index contributed by atoms with van der Waals surface area (Å²) >= 11 is 0. The third kappa shape index (κ3) is 2.35. The van der Waals surface area contributed by atoms with Gasteiger partial charge >= 0.3 is 0 Å². The van der Waals surface area contributed by atoms with Crippen molar-refractivity contribution in [1.29, 1.82) is 0 Å². The van der Waals surface area contributed by atoms with E-state index >= 15 is 0 Å². The topological polar surface area (TPSA) is 29.9 Å². The Kier molecular flexibility index (Phi) is 3.44. The first-order chi connectivity index (χ1) is 7.78. The van der Waals surface area contributed by atoms with Gasteiger partial charge in [-0.15, -0.1) is 0 Å². The summed E-state index contributed by atoms with van der Waals surface area (Å²) in [5.74, 6) is 0. The lowest BCUT2D eigenvalue weighted by Crippen LogP contribution is -2.39. The SMILES string of the molecule is C=Cn1cc(CNCC2(CC)CCC2)cn1. The number of hydrogen-bond acceptors (Lipinski definition) is 2. The fourth-order valence-electron chi connectivity index (χ4n) is 2.37. The van der Waals surface area contributed by atoms with Crippen LogP contribution in [0.4, 0.5) is 0 Å². The average molecular weight is 219 g/mol. The molecule has 3 nitrogen and oxygen atoms in total. The lowest BCUT2D eigenvalue weighted by atomic mass is 9.67. The molecule has 3 heteroatoms. The fraction of sp³-hybridized carbons (Fsp3) is 0.615. The van der Waals surface area contributed by atoms with Gasteiger partial charge in [0.25, 0.3) is 0 Å². The number of nitrogens with zero attached hydrogens (tertiary/aromatic N) is 2. The van der Waals surface area contributed by atoms with Crippen molar-refractivity contribution in [3.63, 3.8) is 0 Å². The van der Waals surface area contributed by atoms with Gasteiger partial charge in [-0.3, -0.25) is 0 Å². The van der Waals surface area contributed by atoms with Gasteiger partial charge in [0, 0.05) is 31.0 Å². The van der Waals surface area contributed by atoms with Crippen LogP contribution in [0.1, 0.15) is 38.2 Å². The van der Waals surface area contributed by atoms with Gasteiger partial charge in [0.15, 0.2) is 0 Å². The molecule has 0 bridgehead atoms. The summed E-state index contributed by atoms with van der Waals surface area (Å²) in [6, 6.07) is 0. The van der Waals surface area contributed by atoms with Gasteiger partial charge in [-0.25, -0.2) is 4.68 Å². The van der Waals surface area contributed by atoms with E-state index < -0.39 is 0 Å². The Morgan fingerprint density at radius 1 is 1.62 bits per heavy atom. The van der Waals surface area contributed by atoms with Crippen molar-refractivity contribution < 1.29 is 0 Å². The van der Waals surface area contributed by atoms with Crippen molar-refractivity contribution in [3.8, 4) is 0 Å². The minimum atomic E-state index is 0.592. The van der Waals surface area contributed by atoms with Crippen LogP contribution >= 0.6 is 0 Å². The van der Waals surface area contributed by atoms with Crippen LogP contribution in [0.15, 0.2) is 19.0 Å². The molecule has 0 aliphatic heterocycles. The molecular weight excluding hydrogens is 198 g/mol. The van der Waals surface area contributed by atoms with E-state index in [1.165, 1.54) is 31.2 Å². The first kappa shape index (κ1) is 11.4. The molecule has 1 aliphatic carbocycles. The minimum absolute atomic E-state index is 0.592. The molecule has 0 unspecified atom stereocenters. The number of hydrogen-bond donors (Lipinski definition) is 1. The highest BCUT2D eigenvalue weighted by atomic mass is 15.2. The standard InChI is InChI=1S/C13H21N3/c1-3-13(6-5-7-13)11-14-8-12-9-15-16(4-2)10-12/h4,9-10,14H,2-3,5-8,11H2,1H3. The molecular formula is C13H21N3. The second-order valence-corrected chi connectivity index (χ2v) is 4.82. The molecule has 1 fully saturated rings. The van der Waals surface area contributed by atoms with E-state index in [4.69, 9.17) is 0 Å². The van der Waals surface area contributed by atoms with E-state index in [0.717, 1.165) is 13.1 Å². The molecule has 1 aromatic heterocycles. The Bertz CT molecular complexity index is 344. The van der Waals surface area contributed by atoms with Gasteiger partial charge in [0.2, 0.25) is 0 Å². The largest absolute Gasteiger partial charge is 0.312 e. The Morgan fingerprint density at radius 3 is 2.94 bits per heavy atom. The maximum Gasteiger partial charge on any atom is 0.0538 e. The second kappa shape index (κ2) is 4.83. The van der Waals surface area contributed by atoms with Gasteiger partial charge in [0.1, 0.15) is 0 Å². The number of nitrogens with one attached hydrogen (secondary N) is 1. The van der Waals surface area contributed by atoms with Crippen LogP contribution in [0.25, 0.3) is 6.20 Å². The smallest absolute Gasteiger partial charge is 0.0538 e. The lowest BCUT2D eigenvalue weighted by molar-refractivity contribution is 0.124. The molecule has 0 aromatic carbocycles. The van der Waals surface area contributed by atoms with Gasteiger partial charge in [-0.1, -0.05) is 19.9 Å². The van der Waals surface area contributed by atoms with Gasteiger partial charge in [-0.2, -0.15) is 5.10 Å². The predicted octanol–water partition coefficient (Wildman–Crippen LogP) is 2.65. The zero-order valence-corrected chi connectivity index (χ0v) is 10.1. The quantitative estimate of drug-likeness (QED) is 0.797. The summed E-state index contributed by atoms with van der Waals surface area (Å²) in [7, 11) is 0. The lowest BCUT2D eigenvalue weighted by Gasteiger charge is -2.41. The maximum absolute atomic E-state index is 4.16. The van der Waals surface area contributed by atoms with Crippen molar-refractivity contribution in [2.45, 2.75) is 39.2 Å². The van der Waals surface area contributed by atoms with E-state index in [9.17, 15) is 0 Å². The van der Waals surface area contributed by atoms with Crippen molar-refractivity contribution in [3.05, 3.63) is 24.5 Å². The van der Waals surface area contributed by atoms with Crippen LogP contribution in [0.2, 0.25) is 0 Å². The summed E-state index contributed by atoms with van der Waals surface area (Å²) in [5, 5.41) is 7.71. The number of aromatic nitrogens is 2. The maximum atomic E-state index is 4.16. The summed E-state index contributed by atoms with van der Waals surface area (Å²) in [6.45, 7) is 8.04. The highest BCUT2D eigenvalue weighted by molar-refractivity contribution is 5.17. The van der Waals surface area contributed by atoms with Crippen LogP contribution in [0.3, 0.4) is 0 Å². The highest BCUT2D eigenvalue weighted by Gasteiger charge is 2.34. The third-order valence-corrected chi connectivity index (χ3v) is 3.84. The molecule has 1 aliphatic rings. The van der Waals surface area contributed by atoms with Crippen LogP contribution in [-0.2, 0) is 6.54 Å². The predicted molar refractivity (Wildman–Crippen MR) is 66.9 cm³/mol. The van der Waals surface area contributed by atoms with E-state index in [2.05, 4.69) is 23.9 Å². The molecule has 1 N–H and O–H groups in total. The molecule has 0 atom stereocenters. The Labute approximate surface area is 97.5 Å². The molecule has 0 amide bonds. The van der Waals surface area contributed by atoms with E-state index in [1.54, 1.807) is 10.9 Å². The molecule has 0 radical (unpaired) electrons. The minimum Gasteiger partial charge on any atom is -0.312 e. The molecule has 16 heavy (non-hydrogen) atoms. The summed E-state index contributed by atoms with van der Waals surface area (Å²) in [6.07, 6.45) is 11.1. The Balaban J connectivity index is 1.77. The molecule has 1 aromatic rings. The first-order valence-electron chi connectivity index (χ1n) is 6.14. The van der Waals surface area contributed by atoms with Crippen LogP contribution in [-0.4, -0.2) is 16.3 Å². The van der Waals surface area contributed by atoms with Crippen molar-refractivity contribution in [1.82, 2.24) is 15.1 Å². The van der Waals surface area contributed by atoms with E-state index in [1.807, 2.05) is 12.4 Å². The Morgan fingerprint density at radius 2 is 2.44 bits per heavy atom. The fourth-order valence-corrected chi connectivity index (χ4v) is 2.37. The van der Waals surface area contributed by atoms with Gasteiger partial charge in [0.05, 0.1) is 6.20 Å². The first-order valence-corrected chi connectivity index (χ1v) is 6.14. The normalized spacial score (nSPS) is 18.1. The van der Waals surface area contributed by atoms with Crippen LogP contribution in [0.5, 0.6) is 0 Å². The second-order valence-electron chi connectivity index (χ2n) is 4.82. The molecule has 0 saturated heterocycles. The van der Waals surface area contributed by atoms with E-state index in [-0.39, 0.29) is 0 Å². The van der Waals surface area contributed by atoms with Gasteiger partial charge in [-0.05, 0) is 24.7 Å². The molecule has 2 rings (SSSR count). The number of rotatable bonds is 6. The summed E-state index contributed by atoms with van der Waals surface area (Å²) in [4.78, 5) is 0. The van der Waals surface area contributed by atoms with Crippen LogP contribution in [0, 0.1) is 5.41 Å². The highest BCUT2D eigenvalue weighted by Crippen LogP contribution is 2.43. The van der Waals surface area contributed by atoms with Crippen molar-refractivity contribution >= 4 is 6.20 Å². The third-order valence-electron chi connectivity index (χ3n) is 3.84. The monoisotopic (exact) mass is 219 g/mol. The molecule has 1 heterocycles. The summed E-state index contributed by atoms with van der Waals surface area (Å²) < 4.78 is 1.75. The Hall–Kier alpha value is -1.09. The molecule has 88 valence electrons. The average Bonchev–Trinajstić information content (AvgIpc) is 2.70. The van der Waals surface area contributed by atoms with Crippen molar-refractivity contribution in [2.75, 3.05) is 6.54 Å². The summed E-state index contributed by atoms with van der Waals surface area (Å²) in [5.41, 5.74) is 1.82. The van der Waals surface area contributed by atoms with E-state index in [0.29, 0.717) is 5.41 Å².